The molecule has 7 heteroatoms. The van der Waals surface area contributed by atoms with Gasteiger partial charge in [-0.2, -0.15) is 0 Å². The van der Waals surface area contributed by atoms with E-state index in [4.69, 9.17) is 0 Å². The Morgan fingerprint density at radius 3 is 2.37 bits per heavy atom. The quantitative estimate of drug-likeness (QED) is 0.729. The first kappa shape index (κ1) is 20.6. The zero-order chi connectivity index (χ0) is 20.9. The second-order valence-electron chi connectivity index (χ2n) is 10.7. The van der Waals surface area contributed by atoms with Crippen molar-refractivity contribution in [2.45, 2.75) is 64.0 Å². The number of piperidine rings is 1. The van der Waals surface area contributed by atoms with Gasteiger partial charge in [0.2, 0.25) is 5.91 Å². The van der Waals surface area contributed by atoms with E-state index in [1.807, 2.05) is 9.80 Å². The average molecular weight is 419 g/mol. The van der Waals surface area contributed by atoms with Crippen LogP contribution in [0.5, 0.6) is 0 Å². The molecule has 0 aromatic rings. The minimum absolute atomic E-state index is 0.0602. The van der Waals surface area contributed by atoms with Crippen LogP contribution in [0, 0.1) is 23.2 Å². The molecule has 30 heavy (non-hydrogen) atoms. The van der Waals surface area contributed by atoms with Crippen LogP contribution in [0.25, 0.3) is 0 Å². The number of carbonyl (C=O) groups excluding carboxylic acids is 2. The molecule has 7 nitrogen and oxygen atoms in total. The topological polar surface area (TPSA) is 76.1 Å². The van der Waals surface area contributed by atoms with Crippen molar-refractivity contribution in [1.29, 1.82) is 0 Å². The number of amides is 3. The summed E-state index contributed by atoms with van der Waals surface area (Å²) in [5.74, 6) is 1.44. The molecule has 2 aliphatic heterocycles. The Kier molecular flexibility index (Phi) is 5.46. The first-order chi connectivity index (χ1) is 14.5. The van der Waals surface area contributed by atoms with E-state index in [1.54, 1.807) is 0 Å². The number of nitrogens with one attached hydrogen (secondary N) is 1. The number of likely N-dealkylation sites (N-methyl/N-ethyl adjacent to an activating group) is 1. The van der Waals surface area contributed by atoms with Gasteiger partial charge in [-0.1, -0.05) is 6.92 Å². The predicted octanol–water partition coefficient (Wildman–Crippen LogP) is 1.51. The molecule has 6 aliphatic rings. The number of hydrogen-bond donors (Lipinski definition) is 2. The molecule has 3 amide bonds. The number of nitrogens with zero attached hydrogens (tertiary/aromatic N) is 3. The lowest BCUT2D eigenvalue weighted by atomic mass is 9.48. The molecule has 0 radical (unpaired) electrons. The molecule has 168 valence electrons. The fourth-order valence-corrected chi connectivity index (χ4v) is 7.34. The van der Waals surface area contributed by atoms with Crippen molar-refractivity contribution >= 4 is 11.9 Å². The molecule has 6 rings (SSSR count). The SMILES string of the molecule is CCN1CCN(C(=O)N2CCC[C@H](NC(=O)C34CC5CC(C3)C(O)C(C5)C4)C2)CC1. The van der Waals surface area contributed by atoms with E-state index in [0.717, 1.165) is 84.2 Å². The fourth-order valence-electron chi connectivity index (χ4n) is 7.34. The monoisotopic (exact) mass is 418 g/mol. The summed E-state index contributed by atoms with van der Waals surface area (Å²) in [7, 11) is 0. The van der Waals surface area contributed by atoms with E-state index < -0.39 is 0 Å². The Bertz CT molecular complexity index is 661. The van der Waals surface area contributed by atoms with Crippen LogP contribution < -0.4 is 5.32 Å². The Hall–Kier alpha value is -1.34. The smallest absolute Gasteiger partial charge is 0.320 e. The largest absolute Gasteiger partial charge is 0.393 e. The summed E-state index contributed by atoms with van der Waals surface area (Å²) in [6.45, 7) is 8.14. The number of hydrogen-bond acceptors (Lipinski definition) is 4. The van der Waals surface area contributed by atoms with E-state index >= 15 is 0 Å². The summed E-state index contributed by atoms with van der Waals surface area (Å²) in [5.41, 5.74) is -0.265. The molecular formula is C23H38N4O3. The van der Waals surface area contributed by atoms with Gasteiger partial charge in [0, 0.05) is 45.3 Å². The van der Waals surface area contributed by atoms with Gasteiger partial charge in [0.05, 0.1) is 11.5 Å². The lowest BCUT2D eigenvalue weighted by Gasteiger charge is -2.58. The minimum atomic E-state index is -0.265. The Balaban J connectivity index is 1.18. The first-order valence-corrected chi connectivity index (χ1v) is 12.2. The number of aliphatic hydroxyl groups is 1. The summed E-state index contributed by atoms with van der Waals surface area (Å²) in [4.78, 5) is 32.8. The standard InChI is InChI=1S/C23H38N4O3/c1-2-25-6-8-26(9-7-25)22(30)27-5-3-4-19(15-27)24-21(29)23-12-16-10-17(13-23)20(28)18(11-16)14-23/h16-20,28H,2-15H2,1H3,(H,24,29)/t16?,17?,18?,19-,20?,23?/m0/s1. The third-order valence-electron chi connectivity index (χ3n) is 8.82. The third-order valence-corrected chi connectivity index (χ3v) is 8.82. The van der Waals surface area contributed by atoms with E-state index in [0.29, 0.717) is 24.3 Å². The van der Waals surface area contributed by atoms with Crippen LogP contribution in [0.3, 0.4) is 0 Å². The Labute approximate surface area is 180 Å². The summed E-state index contributed by atoms with van der Waals surface area (Å²) < 4.78 is 0. The lowest BCUT2D eigenvalue weighted by Crippen LogP contribution is -2.61. The summed E-state index contributed by atoms with van der Waals surface area (Å²) in [6, 6.07) is 0.202. The third kappa shape index (κ3) is 3.62. The second kappa shape index (κ2) is 7.97. The van der Waals surface area contributed by atoms with Gasteiger partial charge in [-0.25, -0.2) is 4.79 Å². The zero-order valence-corrected chi connectivity index (χ0v) is 18.4. The van der Waals surface area contributed by atoms with Gasteiger partial charge in [-0.3, -0.25) is 4.79 Å². The highest BCUT2D eigenvalue weighted by molar-refractivity contribution is 5.83. The molecule has 0 spiro atoms. The predicted molar refractivity (Wildman–Crippen MR) is 114 cm³/mol. The van der Waals surface area contributed by atoms with Crippen LogP contribution in [0.1, 0.15) is 51.9 Å². The van der Waals surface area contributed by atoms with Crippen LogP contribution in [-0.4, -0.2) is 89.7 Å². The Morgan fingerprint density at radius 2 is 1.70 bits per heavy atom. The van der Waals surface area contributed by atoms with Crippen LogP contribution in [-0.2, 0) is 4.79 Å². The Morgan fingerprint density at radius 1 is 1.00 bits per heavy atom. The molecule has 4 saturated carbocycles. The van der Waals surface area contributed by atoms with Gasteiger partial charge in [0.25, 0.3) is 0 Å². The van der Waals surface area contributed by atoms with Gasteiger partial charge in [0.1, 0.15) is 0 Å². The van der Waals surface area contributed by atoms with Gasteiger partial charge < -0.3 is 25.1 Å². The first-order valence-electron chi connectivity index (χ1n) is 12.2. The van der Waals surface area contributed by atoms with Crippen molar-refractivity contribution in [3.63, 3.8) is 0 Å². The number of aliphatic hydroxyl groups excluding tert-OH is 1. The van der Waals surface area contributed by atoms with Crippen LogP contribution >= 0.6 is 0 Å². The van der Waals surface area contributed by atoms with Crippen LogP contribution in [0.15, 0.2) is 0 Å². The lowest BCUT2D eigenvalue weighted by molar-refractivity contribution is -0.163. The number of rotatable bonds is 3. The average Bonchev–Trinajstić information content (AvgIpc) is 2.76. The maximum atomic E-state index is 13.4. The molecule has 6 fully saturated rings. The number of urea groups is 1. The molecule has 2 saturated heterocycles. The van der Waals surface area contributed by atoms with E-state index in [1.165, 1.54) is 0 Å². The molecule has 4 bridgehead atoms. The molecule has 0 aromatic carbocycles. The highest BCUT2D eigenvalue weighted by Gasteiger charge is 2.58. The van der Waals surface area contributed by atoms with Crippen LogP contribution in [0.4, 0.5) is 4.79 Å². The molecule has 3 atom stereocenters. The second-order valence-corrected chi connectivity index (χ2v) is 10.7. The number of likely N-dealkylation sites (tertiary alicyclic amines) is 1. The van der Waals surface area contributed by atoms with Crippen molar-refractivity contribution in [1.82, 2.24) is 20.0 Å². The maximum absolute atomic E-state index is 13.4. The van der Waals surface area contributed by atoms with Crippen molar-refractivity contribution in [2.75, 3.05) is 45.8 Å². The molecule has 0 aromatic heterocycles. The van der Waals surface area contributed by atoms with Gasteiger partial charge in [0.15, 0.2) is 0 Å². The fraction of sp³-hybridized carbons (Fsp3) is 0.913. The highest BCUT2D eigenvalue weighted by Crippen LogP contribution is 2.60. The summed E-state index contributed by atoms with van der Waals surface area (Å²) in [5, 5.41) is 13.9. The maximum Gasteiger partial charge on any atom is 0.320 e. The van der Waals surface area contributed by atoms with E-state index in [9.17, 15) is 14.7 Å². The number of carbonyl (C=O) groups is 2. The summed E-state index contributed by atoms with van der Waals surface area (Å²) in [6.07, 6.45) is 6.61. The van der Waals surface area contributed by atoms with Crippen molar-refractivity contribution in [3.8, 4) is 0 Å². The van der Waals surface area contributed by atoms with Crippen molar-refractivity contribution in [3.05, 3.63) is 0 Å². The molecular weight excluding hydrogens is 380 g/mol. The number of piperazine rings is 1. The minimum Gasteiger partial charge on any atom is -0.393 e. The van der Waals surface area contributed by atoms with E-state index in [-0.39, 0.29) is 29.5 Å². The normalized spacial score (nSPS) is 41.2. The molecule has 4 aliphatic carbocycles. The van der Waals surface area contributed by atoms with Crippen molar-refractivity contribution < 1.29 is 14.7 Å². The van der Waals surface area contributed by atoms with Gasteiger partial charge >= 0.3 is 6.03 Å². The molecule has 2 N–H and O–H groups in total. The van der Waals surface area contributed by atoms with E-state index in [2.05, 4.69) is 17.1 Å². The van der Waals surface area contributed by atoms with Gasteiger partial charge in [-0.15, -0.1) is 0 Å². The molecule has 2 heterocycles. The van der Waals surface area contributed by atoms with Gasteiger partial charge in [-0.05, 0) is 69.2 Å². The van der Waals surface area contributed by atoms with Crippen molar-refractivity contribution in [2.24, 2.45) is 23.2 Å². The van der Waals surface area contributed by atoms with Crippen LogP contribution in [0.2, 0.25) is 0 Å². The highest BCUT2D eigenvalue weighted by atomic mass is 16.3. The zero-order valence-electron chi connectivity index (χ0n) is 18.4. The molecule has 2 unspecified atom stereocenters. The summed E-state index contributed by atoms with van der Waals surface area (Å²) >= 11 is 0.